The zero-order chi connectivity index (χ0) is 16.3. The van der Waals surface area contributed by atoms with Gasteiger partial charge in [-0.25, -0.2) is 8.42 Å². The van der Waals surface area contributed by atoms with Gasteiger partial charge in [-0.15, -0.1) is 0 Å². The van der Waals surface area contributed by atoms with E-state index in [4.69, 9.17) is 0 Å². The number of anilines is 1. The molecule has 0 saturated heterocycles. The number of hydrogen-bond acceptors (Lipinski definition) is 6. The third-order valence-electron chi connectivity index (χ3n) is 2.73. The van der Waals surface area contributed by atoms with E-state index in [1.54, 1.807) is 0 Å². The van der Waals surface area contributed by atoms with E-state index in [1.807, 2.05) is 0 Å². The van der Waals surface area contributed by atoms with Crippen LogP contribution in [0.3, 0.4) is 0 Å². The number of aromatic carboxylic acids is 1. The predicted octanol–water partition coefficient (Wildman–Crippen LogP) is 0.759. The first kappa shape index (κ1) is 15.4. The minimum absolute atomic E-state index is 0.186. The molecule has 0 radical (unpaired) electrons. The molecule has 0 fully saturated rings. The van der Waals surface area contributed by atoms with E-state index in [2.05, 4.69) is 4.72 Å². The van der Waals surface area contributed by atoms with Crippen molar-refractivity contribution in [3.63, 3.8) is 0 Å². The van der Waals surface area contributed by atoms with E-state index in [9.17, 15) is 28.4 Å². The number of sulfonamides is 1. The Kier molecular flexibility index (Phi) is 4.08. The molecule has 0 aliphatic carbocycles. The van der Waals surface area contributed by atoms with Gasteiger partial charge in [-0.2, -0.15) is 0 Å². The third-order valence-corrected chi connectivity index (χ3v) is 4.09. The van der Waals surface area contributed by atoms with Gasteiger partial charge in [0.15, 0.2) is 0 Å². The van der Waals surface area contributed by atoms with E-state index in [-0.39, 0.29) is 16.1 Å². The molecule has 0 aromatic heterocycles. The SMILES string of the molecule is O=C([O-])c1ccccc1NS(=O)(=O)c1cccc([N+](=O)[O-])c1. The smallest absolute Gasteiger partial charge is 0.270 e. The number of carbonyl (C=O) groups is 1. The molecule has 0 spiro atoms. The number of nitrogens with one attached hydrogen (secondary N) is 1. The fourth-order valence-corrected chi connectivity index (χ4v) is 2.84. The van der Waals surface area contributed by atoms with E-state index >= 15 is 0 Å². The van der Waals surface area contributed by atoms with E-state index < -0.39 is 26.6 Å². The van der Waals surface area contributed by atoms with Crippen molar-refractivity contribution < 1.29 is 23.2 Å². The average molecular weight is 321 g/mol. The van der Waals surface area contributed by atoms with Crippen LogP contribution in [-0.2, 0) is 10.0 Å². The molecular weight excluding hydrogens is 312 g/mol. The average Bonchev–Trinajstić information content (AvgIpc) is 2.47. The highest BCUT2D eigenvalue weighted by Gasteiger charge is 2.19. The first-order valence-corrected chi connectivity index (χ1v) is 7.37. The lowest BCUT2D eigenvalue weighted by molar-refractivity contribution is -0.385. The van der Waals surface area contributed by atoms with E-state index in [0.717, 1.165) is 18.2 Å². The topological polar surface area (TPSA) is 129 Å². The third kappa shape index (κ3) is 3.20. The molecule has 2 rings (SSSR count). The molecule has 8 nitrogen and oxygen atoms in total. The summed E-state index contributed by atoms with van der Waals surface area (Å²) in [5.74, 6) is -1.54. The van der Waals surface area contributed by atoms with Crippen LogP contribution >= 0.6 is 0 Å². The number of carbonyl (C=O) groups excluding carboxylic acids is 1. The lowest BCUT2D eigenvalue weighted by atomic mass is 10.2. The van der Waals surface area contributed by atoms with Crippen molar-refractivity contribution in [2.45, 2.75) is 4.90 Å². The number of nitro benzene ring substituents is 1. The van der Waals surface area contributed by atoms with Gasteiger partial charge >= 0.3 is 0 Å². The summed E-state index contributed by atoms with van der Waals surface area (Å²) < 4.78 is 26.5. The molecule has 2 aromatic rings. The second kappa shape index (κ2) is 5.82. The molecule has 0 atom stereocenters. The van der Waals surface area contributed by atoms with Crippen LogP contribution in [0.5, 0.6) is 0 Å². The van der Waals surface area contributed by atoms with Gasteiger partial charge in [0.2, 0.25) is 0 Å². The largest absolute Gasteiger partial charge is 0.545 e. The minimum atomic E-state index is -4.17. The monoisotopic (exact) mass is 321 g/mol. The lowest BCUT2D eigenvalue weighted by Gasteiger charge is -2.12. The zero-order valence-corrected chi connectivity index (χ0v) is 11.7. The zero-order valence-electron chi connectivity index (χ0n) is 10.9. The highest BCUT2D eigenvalue weighted by atomic mass is 32.2. The Morgan fingerprint density at radius 1 is 1.09 bits per heavy atom. The lowest BCUT2D eigenvalue weighted by Crippen LogP contribution is -2.24. The summed E-state index contributed by atoms with van der Waals surface area (Å²) in [6.07, 6.45) is 0. The number of nitro groups is 1. The van der Waals surface area contributed by atoms with Crippen LogP contribution in [0.15, 0.2) is 53.4 Å². The summed E-state index contributed by atoms with van der Waals surface area (Å²) in [6, 6.07) is 9.70. The molecule has 0 bridgehead atoms. The molecule has 0 amide bonds. The van der Waals surface area contributed by atoms with Crippen LogP contribution in [0.4, 0.5) is 11.4 Å². The Balaban J connectivity index is 2.43. The summed E-state index contributed by atoms with van der Waals surface area (Å²) in [5.41, 5.74) is -0.915. The first-order valence-electron chi connectivity index (χ1n) is 5.89. The second-order valence-corrected chi connectivity index (χ2v) is 5.88. The van der Waals surface area contributed by atoms with Crippen molar-refractivity contribution >= 4 is 27.4 Å². The van der Waals surface area contributed by atoms with Crippen LogP contribution in [0.25, 0.3) is 0 Å². The summed E-state index contributed by atoms with van der Waals surface area (Å²) in [4.78, 5) is 20.6. The number of benzene rings is 2. The summed E-state index contributed by atoms with van der Waals surface area (Å²) in [7, 11) is -4.17. The van der Waals surface area contributed by atoms with Crippen LogP contribution in [0.1, 0.15) is 10.4 Å². The maximum absolute atomic E-state index is 12.2. The van der Waals surface area contributed by atoms with Crippen molar-refractivity contribution in [1.82, 2.24) is 0 Å². The second-order valence-electron chi connectivity index (χ2n) is 4.19. The molecular formula is C13H9N2O6S-. The van der Waals surface area contributed by atoms with Crippen LogP contribution in [0, 0.1) is 10.1 Å². The van der Waals surface area contributed by atoms with Gasteiger partial charge in [-0.1, -0.05) is 24.3 Å². The number of carboxylic acid groups (broad SMARTS) is 1. The Morgan fingerprint density at radius 3 is 2.41 bits per heavy atom. The molecule has 0 heterocycles. The Morgan fingerprint density at radius 2 is 1.77 bits per heavy atom. The maximum Gasteiger partial charge on any atom is 0.270 e. The minimum Gasteiger partial charge on any atom is -0.545 e. The van der Waals surface area contributed by atoms with E-state index in [1.165, 1.54) is 30.3 Å². The fraction of sp³-hybridized carbons (Fsp3) is 0. The van der Waals surface area contributed by atoms with Gasteiger partial charge in [-0.05, 0) is 12.1 Å². The Bertz CT molecular complexity index is 847. The molecule has 22 heavy (non-hydrogen) atoms. The Hall–Kier alpha value is -2.94. The molecule has 0 aliphatic rings. The van der Waals surface area contributed by atoms with Gasteiger partial charge in [0.05, 0.1) is 21.5 Å². The van der Waals surface area contributed by atoms with Gasteiger partial charge in [0, 0.05) is 17.7 Å². The molecule has 0 unspecified atom stereocenters. The number of rotatable bonds is 5. The van der Waals surface area contributed by atoms with Crippen molar-refractivity contribution in [2.24, 2.45) is 0 Å². The molecule has 0 aliphatic heterocycles. The molecule has 114 valence electrons. The highest BCUT2D eigenvalue weighted by Crippen LogP contribution is 2.22. The highest BCUT2D eigenvalue weighted by molar-refractivity contribution is 7.92. The maximum atomic E-state index is 12.2. The van der Waals surface area contributed by atoms with Gasteiger partial charge in [0.1, 0.15) is 0 Å². The fourth-order valence-electron chi connectivity index (χ4n) is 1.72. The normalized spacial score (nSPS) is 10.9. The standard InChI is InChI=1S/C13H10N2O6S/c16-13(17)11-6-1-2-7-12(11)14-22(20,21)10-5-3-4-9(8-10)15(18)19/h1-8,14H,(H,16,17)/p-1. The van der Waals surface area contributed by atoms with Crippen LogP contribution in [0.2, 0.25) is 0 Å². The number of carboxylic acids is 1. The van der Waals surface area contributed by atoms with Gasteiger partial charge < -0.3 is 9.90 Å². The molecule has 9 heteroatoms. The van der Waals surface area contributed by atoms with Crippen LogP contribution in [-0.4, -0.2) is 19.3 Å². The van der Waals surface area contributed by atoms with Crippen molar-refractivity contribution in [3.8, 4) is 0 Å². The quantitative estimate of drug-likeness (QED) is 0.639. The predicted molar refractivity (Wildman–Crippen MR) is 74.7 cm³/mol. The molecule has 2 aromatic carbocycles. The van der Waals surface area contributed by atoms with Gasteiger partial charge in [0.25, 0.3) is 15.7 Å². The number of nitrogens with zero attached hydrogens (tertiary/aromatic N) is 1. The summed E-state index contributed by atoms with van der Waals surface area (Å²) in [5, 5.41) is 21.6. The van der Waals surface area contributed by atoms with Crippen molar-refractivity contribution in [2.75, 3.05) is 4.72 Å². The molecule has 1 N–H and O–H groups in total. The first-order chi connectivity index (χ1) is 10.3. The van der Waals surface area contributed by atoms with Gasteiger partial charge in [-0.3, -0.25) is 14.8 Å². The summed E-state index contributed by atoms with van der Waals surface area (Å²) >= 11 is 0. The molecule has 0 saturated carbocycles. The number of hydrogen-bond donors (Lipinski definition) is 1. The number of para-hydroxylation sites is 1. The number of non-ortho nitro benzene ring substituents is 1. The van der Waals surface area contributed by atoms with Crippen LogP contribution < -0.4 is 9.83 Å². The summed E-state index contributed by atoms with van der Waals surface area (Å²) in [6.45, 7) is 0. The van der Waals surface area contributed by atoms with E-state index in [0.29, 0.717) is 0 Å². The Labute approximate surface area is 125 Å². The van der Waals surface area contributed by atoms with Crippen molar-refractivity contribution in [1.29, 1.82) is 0 Å². The van der Waals surface area contributed by atoms with Crippen molar-refractivity contribution in [3.05, 3.63) is 64.2 Å².